The Morgan fingerprint density at radius 1 is 0.906 bits per heavy atom. The smallest absolute Gasteiger partial charge is 0.335 e. The average Bonchev–Trinajstić information content (AvgIpc) is 3.05. The van der Waals surface area contributed by atoms with Crippen LogP contribution in [0, 0.1) is 6.92 Å². The highest BCUT2D eigenvalue weighted by Crippen LogP contribution is 2.42. The van der Waals surface area contributed by atoms with E-state index in [1.807, 2.05) is 6.92 Å². The summed E-state index contributed by atoms with van der Waals surface area (Å²) in [5, 5.41) is 20.9. The van der Waals surface area contributed by atoms with E-state index < -0.39 is 23.7 Å². The average molecular weight is 448 g/mol. The lowest BCUT2D eigenvalue weighted by Gasteiger charge is -2.25. The minimum absolute atomic E-state index is 0.0298. The molecule has 0 bridgehead atoms. The number of Topliss-reactive ketones (excluding diaryl/α,β-unsaturated/α-hetero) is 1. The number of aliphatic hydroxyl groups excluding tert-OH is 1. The van der Waals surface area contributed by atoms with Crippen LogP contribution in [0.5, 0.6) is 0 Å². The Morgan fingerprint density at radius 2 is 1.56 bits per heavy atom. The molecule has 3 aromatic carbocycles. The maximum absolute atomic E-state index is 13.1. The topological polar surface area (TPSA) is 94.9 Å². The van der Waals surface area contributed by atoms with Gasteiger partial charge in [-0.05, 0) is 42.8 Å². The fraction of sp³-hybridized carbons (Fsp3) is 0.0800. The van der Waals surface area contributed by atoms with Gasteiger partial charge in [-0.3, -0.25) is 14.5 Å². The summed E-state index contributed by atoms with van der Waals surface area (Å²) >= 11 is 6.02. The number of rotatable bonds is 4. The molecule has 7 heteroatoms. The highest BCUT2D eigenvalue weighted by Gasteiger charge is 2.47. The standard InChI is InChI=1S/C25H18ClNO5/c1-14-5-7-16(8-6-14)22(28)20-21(15-9-11-18(26)12-10-15)27(24(30)23(20)29)19-4-2-3-17(13-19)25(31)32/h2-13,21,28H,1H3,(H,31,32)/b22-20+/t21-/m1/s1. The van der Waals surface area contributed by atoms with Gasteiger partial charge >= 0.3 is 5.97 Å². The molecule has 32 heavy (non-hydrogen) atoms. The number of aryl methyl sites for hydroxylation is 1. The first-order valence-electron chi connectivity index (χ1n) is 9.75. The predicted octanol–water partition coefficient (Wildman–Crippen LogP) is 4.97. The van der Waals surface area contributed by atoms with Gasteiger partial charge in [-0.1, -0.05) is 59.6 Å². The molecular weight excluding hydrogens is 430 g/mol. The SMILES string of the molecule is Cc1ccc(/C(O)=C2\C(=O)C(=O)N(c3cccc(C(=O)O)c3)[C@@H]2c2ccc(Cl)cc2)cc1. The highest BCUT2D eigenvalue weighted by atomic mass is 35.5. The molecule has 1 saturated heterocycles. The van der Waals surface area contributed by atoms with Crippen LogP contribution in [0.3, 0.4) is 0 Å². The van der Waals surface area contributed by atoms with Crippen LogP contribution in [0.1, 0.15) is 33.1 Å². The number of aliphatic hydroxyl groups is 1. The van der Waals surface area contributed by atoms with Crippen LogP contribution >= 0.6 is 11.6 Å². The quantitative estimate of drug-likeness (QED) is 0.334. The van der Waals surface area contributed by atoms with Gasteiger partial charge in [-0.15, -0.1) is 0 Å². The van der Waals surface area contributed by atoms with Crippen LogP contribution < -0.4 is 4.90 Å². The second kappa shape index (κ2) is 8.32. The van der Waals surface area contributed by atoms with E-state index in [2.05, 4.69) is 0 Å². The minimum Gasteiger partial charge on any atom is -0.507 e. The highest BCUT2D eigenvalue weighted by molar-refractivity contribution is 6.51. The second-order valence-electron chi connectivity index (χ2n) is 7.44. The van der Waals surface area contributed by atoms with E-state index in [1.54, 1.807) is 54.6 Å². The molecule has 1 aliphatic rings. The minimum atomic E-state index is -1.16. The number of aromatic carboxylic acids is 1. The number of hydrogen-bond donors (Lipinski definition) is 2. The van der Waals surface area contributed by atoms with E-state index in [0.717, 1.165) is 5.56 Å². The third-order valence-electron chi connectivity index (χ3n) is 5.33. The molecule has 0 unspecified atom stereocenters. The van der Waals surface area contributed by atoms with Crippen LogP contribution in [-0.4, -0.2) is 27.9 Å². The molecule has 0 spiro atoms. The fourth-order valence-corrected chi connectivity index (χ4v) is 3.84. The zero-order valence-corrected chi connectivity index (χ0v) is 17.7. The molecule has 0 aliphatic carbocycles. The molecular formula is C25H18ClNO5. The molecule has 0 aromatic heterocycles. The third-order valence-corrected chi connectivity index (χ3v) is 5.58. The molecule has 2 N–H and O–H groups in total. The summed E-state index contributed by atoms with van der Waals surface area (Å²) in [6.45, 7) is 1.89. The monoisotopic (exact) mass is 447 g/mol. The summed E-state index contributed by atoms with van der Waals surface area (Å²) < 4.78 is 0. The summed E-state index contributed by atoms with van der Waals surface area (Å²) in [6.07, 6.45) is 0. The molecule has 1 amide bonds. The van der Waals surface area contributed by atoms with Crippen molar-refractivity contribution in [1.29, 1.82) is 0 Å². The molecule has 1 fully saturated rings. The van der Waals surface area contributed by atoms with E-state index >= 15 is 0 Å². The van der Waals surface area contributed by atoms with Gasteiger partial charge in [0.2, 0.25) is 0 Å². The number of ketones is 1. The van der Waals surface area contributed by atoms with E-state index in [-0.39, 0.29) is 22.6 Å². The first-order valence-corrected chi connectivity index (χ1v) is 10.1. The molecule has 1 atom stereocenters. The summed E-state index contributed by atoms with van der Waals surface area (Å²) in [7, 11) is 0. The molecule has 1 aliphatic heterocycles. The molecule has 160 valence electrons. The van der Waals surface area contributed by atoms with Gasteiger partial charge in [0.05, 0.1) is 17.2 Å². The Bertz CT molecular complexity index is 1260. The predicted molar refractivity (Wildman–Crippen MR) is 121 cm³/mol. The molecule has 6 nitrogen and oxygen atoms in total. The van der Waals surface area contributed by atoms with Crippen LogP contribution in [0.2, 0.25) is 5.02 Å². The summed E-state index contributed by atoms with van der Waals surface area (Å²) in [6, 6.07) is 18.3. The zero-order chi connectivity index (χ0) is 23.0. The van der Waals surface area contributed by atoms with Crippen molar-refractivity contribution < 1.29 is 24.6 Å². The van der Waals surface area contributed by atoms with Gasteiger partial charge in [-0.2, -0.15) is 0 Å². The second-order valence-corrected chi connectivity index (χ2v) is 7.88. The lowest BCUT2D eigenvalue weighted by Crippen LogP contribution is -2.29. The Labute approximate surface area is 189 Å². The molecule has 3 aromatic rings. The van der Waals surface area contributed by atoms with Crippen LogP contribution in [0.4, 0.5) is 5.69 Å². The van der Waals surface area contributed by atoms with Gasteiger partial charge in [0.1, 0.15) is 5.76 Å². The Kier molecular flexibility index (Phi) is 5.55. The lowest BCUT2D eigenvalue weighted by molar-refractivity contribution is -0.132. The van der Waals surface area contributed by atoms with Crippen molar-refractivity contribution in [3.63, 3.8) is 0 Å². The van der Waals surface area contributed by atoms with E-state index in [0.29, 0.717) is 16.1 Å². The number of carbonyl (C=O) groups excluding carboxylic acids is 2. The Balaban J connectivity index is 1.94. The van der Waals surface area contributed by atoms with Crippen molar-refractivity contribution in [2.45, 2.75) is 13.0 Å². The number of amides is 1. The maximum atomic E-state index is 13.1. The molecule has 0 radical (unpaired) electrons. The number of carbonyl (C=O) groups is 3. The number of halogens is 1. The Hall–Kier alpha value is -3.90. The van der Waals surface area contributed by atoms with Crippen LogP contribution in [0.25, 0.3) is 5.76 Å². The first kappa shape index (κ1) is 21.3. The van der Waals surface area contributed by atoms with E-state index in [4.69, 9.17) is 11.6 Å². The van der Waals surface area contributed by atoms with Crippen molar-refractivity contribution in [3.8, 4) is 0 Å². The van der Waals surface area contributed by atoms with E-state index in [1.165, 1.54) is 23.1 Å². The first-order chi connectivity index (χ1) is 15.3. The van der Waals surface area contributed by atoms with Crippen molar-refractivity contribution in [2.75, 3.05) is 4.90 Å². The summed E-state index contributed by atoms with van der Waals surface area (Å²) in [4.78, 5) is 38.8. The van der Waals surface area contributed by atoms with Crippen molar-refractivity contribution in [1.82, 2.24) is 0 Å². The third kappa shape index (κ3) is 3.76. The Morgan fingerprint density at radius 3 is 2.19 bits per heavy atom. The fourth-order valence-electron chi connectivity index (χ4n) is 3.72. The van der Waals surface area contributed by atoms with Gasteiger partial charge in [0.15, 0.2) is 0 Å². The number of benzene rings is 3. The van der Waals surface area contributed by atoms with E-state index in [9.17, 15) is 24.6 Å². The number of anilines is 1. The number of carboxylic acid groups (broad SMARTS) is 1. The van der Waals surface area contributed by atoms with Crippen molar-refractivity contribution in [3.05, 3.63) is 106 Å². The molecule has 4 rings (SSSR count). The van der Waals surface area contributed by atoms with Gasteiger partial charge in [0.25, 0.3) is 11.7 Å². The zero-order valence-electron chi connectivity index (χ0n) is 16.9. The van der Waals surface area contributed by atoms with Crippen molar-refractivity contribution in [2.24, 2.45) is 0 Å². The van der Waals surface area contributed by atoms with Gasteiger partial charge in [-0.25, -0.2) is 4.79 Å². The molecule has 0 saturated carbocycles. The summed E-state index contributed by atoms with van der Waals surface area (Å²) in [5.74, 6) is -3.18. The van der Waals surface area contributed by atoms with Crippen LogP contribution in [-0.2, 0) is 9.59 Å². The number of carboxylic acids is 1. The van der Waals surface area contributed by atoms with Gasteiger partial charge < -0.3 is 10.2 Å². The maximum Gasteiger partial charge on any atom is 0.335 e. The molecule has 1 heterocycles. The largest absolute Gasteiger partial charge is 0.507 e. The van der Waals surface area contributed by atoms with Crippen molar-refractivity contribution >= 4 is 40.7 Å². The normalized spacial score (nSPS) is 17.6. The van der Waals surface area contributed by atoms with Gasteiger partial charge in [0, 0.05) is 16.3 Å². The summed E-state index contributed by atoms with van der Waals surface area (Å²) in [5.41, 5.74) is 2.03. The van der Waals surface area contributed by atoms with Crippen LogP contribution in [0.15, 0.2) is 78.4 Å². The lowest BCUT2D eigenvalue weighted by atomic mass is 9.95. The number of nitrogens with zero attached hydrogens (tertiary/aromatic N) is 1. The number of hydrogen-bond acceptors (Lipinski definition) is 4.